The van der Waals surface area contributed by atoms with Crippen molar-refractivity contribution in [1.29, 1.82) is 0 Å². The van der Waals surface area contributed by atoms with E-state index in [0.29, 0.717) is 18.4 Å². The lowest BCUT2D eigenvalue weighted by Gasteiger charge is -2.33. The molecule has 3 fully saturated rings. The number of nitrogens with zero attached hydrogens (tertiary/aromatic N) is 3. The number of pyridine rings is 1. The Hall–Kier alpha value is -2.60. The van der Waals surface area contributed by atoms with E-state index in [1.54, 1.807) is 0 Å². The monoisotopic (exact) mass is 432 g/mol. The lowest BCUT2D eigenvalue weighted by atomic mass is 9.77. The molecule has 1 aromatic carbocycles. The second-order valence-electron chi connectivity index (χ2n) is 9.75. The summed E-state index contributed by atoms with van der Waals surface area (Å²) in [5.74, 6) is 2.62. The van der Waals surface area contributed by atoms with Gasteiger partial charge in [-0.2, -0.15) is 0 Å². The van der Waals surface area contributed by atoms with Crippen molar-refractivity contribution in [2.45, 2.75) is 45.1 Å². The molecule has 2 aliphatic carbocycles. The first kappa shape index (κ1) is 20.0. The highest BCUT2D eigenvalue weighted by atomic mass is 16.5. The minimum atomic E-state index is 0.151. The van der Waals surface area contributed by atoms with E-state index in [2.05, 4.69) is 44.4 Å². The second kappa shape index (κ2) is 8.39. The highest BCUT2D eigenvalue weighted by Gasteiger charge is 2.43. The number of fused-ring (bicyclic) bond motifs is 3. The molecule has 3 heterocycles. The molecule has 1 N–H and O–H groups in total. The van der Waals surface area contributed by atoms with Gasteiger partial charge in [0.15, 0.2) is 0 Å². The molecule has 168 valence electrons. The summed E-state index contributed by atoms with van der Waals surface area (Å²) in [6.07, 6.45) is 9.20. The van der Waals surface area contributed by atoms with Crippen LogP contribution in [-0.4, -0.2) is 37.2 Å². The van der Waals surface area contributed by atoms with Crippen LogP contribution in [0.1, 0.15) is 44.1 Å². The number of anilines is 4. The Morgan fingerprint density at radius 1 is 1.06 bits per heavy atom. The molecule has 2 saturated carbocycles. The molecule has 1 amide bonds. The molecular formula is C26H32N4O2. The van der Waals surface area contributed by atoms with Crippen LogP contribution < -0.4 is 15.1 Å². The summed E-state index contributed by atoms with van der Waals surface area (Å²) in [5.41, 5.74) is 4.18. The smallest absolute Gasteiger partial charge is 0.230 e. The molecule has 2 aliphatic heterocycles. The van der Waals surface area contributed by atoms with E-state index < -0.39 is 0 Å². The van der Waals surface area contributed by atoms with E-state index in [1.165, 1.54) is 32.1 Å². The minimum Gasteiger partial charge on any atom is -0.378 e. The molecule has 2 aromatic rings. The van der Waals surface area contributed by atoms with Gasteiger partial charge in [-0.25, -0.2) is 4.98 Å². The molecule has 0 spiro atoms. The third-order valence-electron chi connectivity index (χ3n) is 8.04. The highest BCUT2D eigenvalue weighted by molar-refractivity contribution is 6.00. The maximum atomic E-state index is 14.1. The van der Waals surface area contributed by atoms with Gasteiger partial charge in [0.2, 0.25) is 5.91 Å². The van der Waals surface area contributed by atoms with Gasteiger partial charge in [0.25, 0.3) is 0 Å². The van der Waals surface area contributed by atoms with E-state index in [-0.39, 0.29) is 5.92 Å². The fraction of sp³-hybridized carbons (Fsp3) is 0.538. The number of benzene rings is 1. The SMILES string of the molecule is O=C(C1CC[C@H]2CCCC[C@@H]12)N1Cc2cccnc2Nc2ccc(N3CCOCC3)cc21. The van der Waals surface area contributed by atoms with Crippen LogP contribution in [0.25, 0.3) is 0 Å². The number of amides is 1. The van der Waals surface area contributed by atoms with Gasteiger partial charge in [-0.15, -0.1) is 0 Å². The predicted octanol–water partition coefficient (Wildman–Crippen LogP) is 4.72. The van der Waals surface area contributed by atoms with Gasteiger partial charge in [-0.3, -0.25) is 4.79 Å². The zero-order valence-electron chi connectivity index (χ0n) is 18.6. The summed E-state index contributed by atoms with van der Waals surface area (Å²) in [7, 11) is 0. The van der Waals surface area contributed by atoms with E-state index in [9.17, 15) is 4.79 Å². The van der Waals surface area contributed by atoms with Gasteiger partial charge in [-0.05, 0) is 55.4 Å². The summed E-state index contributed by atoms with van der Waals surface area (Å²) in [6, 6.07) is 10.5. The van der Waals surface area contributed by atoms with E-state index >= 15 is 0 Å². The highest BCUT2D eigenvalue weighted by Crippen LogP contribution is 2.48. The summed E-state index contributed by atoms with van der Waals surface area (Å²) >= 11 is 0. The second-order valence-corrected chi connectivity index (χ2v) is 9.75. The molecule has 32 heavy (non-hydrogen) atoms. The number of carbonyl (C=O) groups excluding carboxylic acids is 1. The zero-order chi connectivity index (χ0) is 21.5. The summed E-state index contributed by atoms with van der Waals surface area (Å²) in [6.45, 7) is 3.84. The van der Waals surface area contributed by atoms with Gasteiger partial charge in [0, 0.05) is 36.5 Å². The molecule has 6 rings (SSSR count). The third-order valence-corrected chi connectivity index (χ3v) is 8.04. The Labute approximate surface area is 190 Å². The van der Waals surface area contributed by atoms with Crippen molar-refractivity contribution < 1.29 is 9.53 Å². The van der Waals surface area contributed by atoms with Crippen molar-refractivity contribution in [3.63, 3.8) is 0 Å². The van der Waals surface area contributed by atoms with Gasteiger partial charge in [0.1, 0.15) is 5.82 Å². The standard InChI is InChI=1S/C26H32N4O2/c31-26(22-9-7-18-4-1-2-6-21(18)22)30-17-19-5-3-11-27-25(19)28-23-10-8-20(16-24(23)30)29-12-14-32-15-13-29/h3,5,8,10-11,16,18,21-22H,1-2,4,6-7,9,12-15,17H2,(H,27,28)/t18-,21-,22?/m1/s1. The maximum absolute atomic E-state index is 14.1. The average Bonchev–Trinajstić information content (AvgIpc) is 3.20. The van der Waals surface area contributed by atoms with Crippen LogP contribution in [0.2, 0.25) is 0 Å². The number of hydrogen-bond acceptors (Lipinski definition) is 5. The summed E-state index contributed by atoms with van der Waals surface area (Å²) in [5, 5.41) is 3.52. The van der Waals surface area contributed by atoms with Crippen molar-refractivity contribution in [2.75, 3.05) is 41.4 Å². The Morgan fingerprint density at radius 3 is 2.84 bits per heavy atom. The Morgan fingerprint density at radius 2 is 1.94 bits per heavy atom. The average molecular weight is 433 g/mol. The van der Waals surface area contributed by atoms with Crippen molar-refractivity contribution in [2.24, 2.45) is 17.8 Å². The van der Waals surface area contributed by atoms with Gasteiger partial charge in [-0.1, -0.05) is 25.3 Å². The molecule has 0 bridgehead atoms. The number of morpholine rings is 1. The number of carbonyl (C=O) groups is 1. The number of rotatable bonds is 2. The van der Waals surface area contributed by atoms with Crippen molar-refractivity contribution >= 4 is 28.8 Å². The molecular weight excluding hydrogens is 400 g/mol. The molecule has 1 aromatic heterocycles. The number of aromatic nitrogens is 1. The van der Waals surface area contributed by atoms with E-state index in [0.717, 1.165) is 67.1 Å². The minimum absolute atomic E-state index is 0.151. The third kappa shape index (κ3) is 3.54. The molecule has 6 nitrogen and oxygen atoms in total. The zero-order valence-corrected chi connectivity index (χ0v) is 18.6. The van der Waals surface area contributed by atoms with Crippen LogP contribution in [0, 0.1) is 17.8 Å². The van der Waals surface area contributed by atoms with Crippen LogP contribution in [0.4, 0.5) is 22.9 Å². The van der Waals surface area contributed by atoms with E-state index in [1.807, 2.05) is 12.3 Å². The first-order valence-corrected chi connectivity index (χ1v) is 12.3. The van der Waals surface area contributed by atoms with Crippen LogP contribution in [0.15, 0.2) is 36.5 Å². The Bertz CT molecular complexity index is 1000. The summed E-state index contributed by atoms with van der Waals surface area (Å²) in [4.78, 5) is 23.1. The lowest BCUT2D eigenvalue weighted by Crippen LogP contribution is -2.39. The molecule has 4 aliphatic rings. The fourth-order valence-corrected chi connectivity index (χ4v) is 6.36. The van der Waals surface area contributed by atoms with Crippen LogP contribution in [-0.2, 0) is 16.1 Å². The first-order chi connectivity index (χ1) is 15.8. The molecule has 6 heteroatoms. The molecule has 0 radical (unpaired) electrons. The number of ether oxygens (including phenoxy) is 1. The summed E-state index contributed by atoms with van der Waals surface area (Å²) < 4.78 is 5.55. The Kier molecular flexibility index (Phi) is 5.26. The molecule has 1 saturated heterocycles. The van der Waals surface area contributed by atoms with Gasteiger partial charge in [0.05, 0.1) is 31.1 Å². The van der Waals surface area contributed by atoms with Crippen LogP contribution in [0.3, 0.4) is 0 Å². The van der Waals surface area contributed by atoms with Gasteiger partial charge >= 0.3 is 0 Å². The normalized spacial score (nSPS) is 27.1. The Balaban J connectivity index is 1.38. The molecule has 3 atom stereocenters. The van der Waals surface area contributed by atoms with E-state index in [4.69, 9.17) is 4.74 Å². The first-order valence-electron chi connectivity index (χ1n) is 12.3. The largest absolute Gasteiger partial charge is 0.378 e. The van der Waals surface area contributed by atoms with Crippen molar-refractivity contribution in [1.82, 2.24) is 4.98 Å². The number of hydrogen-bond donors (Lipinski definition) is 1. The van der Waals surface area contributed by atoms with Crippen molar-refractivity contribution in [3.05, 3.63) is 42.1 Å². The topological polar surface area (TPSA) is 57.7 Å². The number of nitrogens with one attached hydrogen (secondary N) is 1. The molecule has 1 unspecified atom stereocenters. The van der Waals surface area contributed by atoms with Crippen molar-refractivity contribution in [3.8, 4) is 0 Å². The van der Waals surface area contributed by atoms with Crippen LogP contribution in [0.5, 0.6) is 0 Å². The fourth-order valence-electron chi connectivity index (χ4n) is 6.36. The van der Waals surface area contributed by atoms with Gasteiger partial charge < -0.3 is 19.9 Å². The van der Waals surface area contributed by atoms with Crippen LogP contribution >= 0.6 is 0 Å². The predicted molar refractivity (Wildman–Crippen MR) is 126 cm³/mol. The maximum Gasteiger partial charge on any atom is 0.230 e. The quantitative estimate of drug-likeness (QED) is 0.744. The lowest BCUT2D eigenvalue weighted by molar-refractivity contribution is -0.124.